The fourth-order valence-electron chi connectivity index (χ4n) is 1.31. The van der Waals surface area contributed by atoms with Crippen molar-refractivity contribution in [2.45, 2.75) is 17.1 Å². The van der Waals surface area contributed by atoms with Crippen molar-refractivity contribution in [2.24, 2.45) is 5.73 Å². The van der Waals surface area contributed by atoms with E-state index in [1.807, 2.05) is 14.1 Å². The predicted octanol–water partition coefficient (Wildman–Crippen LogP) is 2.14. The van der Waals surface area contributed by atoms with Crippen molar-refractivity contribution in [3.8, 4) is 0 Å². The molecule has 0 amide bonds. The summed E-state index contributed by atoms with van der Waals surface area (Å²) < 4.78 is 26.2. The van der Waals surface area contributed by atoms with E-state index in [4.69, 9.17) is 5.73 Å². The third-order valence-electron chi connectivity index (χ3n) is 2.26. The minimum atomic E-state index is -1.04. The average Bonchev–Trinajstić information content (AvgIpc) is 2.27. The van der Waals surface area contributed by atoms with Gasteiger partial charge in [0.15, 0.2) is 0 Å². The number of thioether (sulfide) groups is 1. The molecule has 17 heavy (non-hydrogen) atoms. The van der Waals surface area contributed by atoms with Gasteiger partial charge in [-0.15, -0.1) is 11.8 Å². The lowest BCUT2D eigenvalue weighted by molar-refractivity contribution is 0.223. The third kappa shape index (κ3) is 5.48. The van der Waals surface area contributed by atoms with Crippen LogP contribution in [0.1, 0.15) is 0 Å². The molecule has 1 rings (SSSR count). The maximum atomic E-state index is 13.6. The molecular formula is C12H18F2N2S. The van der Waals surface area contributed by atoms with Crippen LogP contribution >= 0.6 is 11.8 Å². The maximum absolute atomic E-state index is 13.6. The van der Waals surface area contributed by atoms with Crippen LogP contribution in [0.4, 0.5) is 8.78 Å². The number of nitrogens with zero attached hydrogens (tertiary/aromatic N) is 1. The highest BCUT2D eigenvalue weighted by atomic mass is 32.2. The SMILES string of the molecule is CN(C)C[C@H](F)[C@@H](N)CSc1ccc(F)cc1. The van der Waals surface area contributed by atoms with Crippen LogP contribution in [0.15, 0.2) is 29.2 Å². The standard InChI is InChI=1S/C12H18F2N2S/c1-16(2)7-11(14)12(15)8-17-10-5-3-9(13)4-6-10/h3-6,11-12H,7-8,15H2,1-2H3/t11-,12-/m0/s1. The molecule has 0 aliphatic rings. The van der Waals surface area contributed by atoms with E-state index < -0.39 is 12.2 Å². The van der Waals surface area contributed by atoms with E-state index in [2.05, 4.69) is 0 Å². The van der Waals surface area contributed by atoms with Crippen LogP contribution in [0.2, 0.25) is 0 Å². The van der Waals surface area contributed by atoms with Crippen molar-refractivity contribution in [2.75, 3.05) is 26.4 Å². The Morgan fingerprint density at radius 3 is 2.41 bits per heavy atom. The van der Waals surface area contributed by atoms with Crippen molar-refractivity contribution in [3.05, 3.63) is 30.1 Å². The minimum absolute atomic E-state index is 0.269. The molecule has 0 heterocycles. The summed E-state index contributed by atoms with van der Waals surface area (Å²) in [6.45, 7) is 0.325. The molecule has 5 heteroatoms. The predicted molar refractivity (Wildman–Crippen MR) is 68.5 cm³/mol. The number of benzene rings is 1. The fourth-order valence-corrected chi connectivity index (χ4v) is 2.23. The third-order valence-corrected chi connectivity index (χ3v) is 3.42. The first-order chi connectivity index (χ1) is 7.99. The number of nitrogens with two attached hydrogens (primary N) is 1. The Morgan fingerprint density at radius 1 is 1.29 bits per heavy atom. The van der Waals surface area contributed by atoms with Crippen molar-refractivity contribution < 1.29 is 8.78 Å². The van der Waals surface area contributed by atoms with Gasteiger partial charge >= 0.3 is 0 Å². The van der Waals surface area contributed by atoms with Gasteiger partial charge in [-0.25, -0.2) is 8.78 Å². The van der Waals surface area contributed by atoms with Gasteiger partial charge in [-0.3, -0.25) is 0 Å². The van der Waals surface area contributed by atoms with E-state index in [1.54, 1.807) is 17.0 Å². The lowest BCUT2D eigenvalue weighted by Crippen LogP contribution is -2.40. The first-order valence-corrected chi connectivity index (χ1v) is 6.40. The molecule has 0 spiro atoms. The molecule has 1 aromatic rings. The zero-order valence-corrected chi connectivity index (χ0v) is 10.9. The number of hydrogen-bond donors (Lipinski definition) is 1. The molecule has 0 radical (unpaired) electrons. The molecule has 0 saturated heterocycles. The topological polar surface area (TPSA) is 29.3 Å². The lowest BCUT2D eigenvalue weighted by atomic mass is 10.2. The maximum Gasteiger partial charge on any atom is 0.129 e. The summed E-state index contributed by atoms with van der Waals surface area (Å²) in [7, 11) is 3.62. The molecule has 2 nitrogen and oxygen atoms in total. The van der Waals surface area contributed by atoms with Gasteiger partial charge in [0.1, 0.15) is 12.0 Å². The van der Waals surface area contributed by atoms with E-state index in [-0.39, 0.29) is 5.82 Å². The summed E-state index contributed by atoms with van der Waals surface area (Å²) >= 11 is 1.44. The Hall–Kier alpha value is -0.650. The van der Waals surface area contributed by atoms with Gasteiger partial charge in [0.2, 0.25) is 0 Å². The van der Waals surface area contributed by atoms with E-state index in [0.717, 1.165) is 4.90 Å². The van der Waals surface area contributed by atoms with Gasteiger partial charge in [0.05, 0.1) is 0 Å². The largest absolute Gasteiger partial charge is 0.324 e. The second-order valence-corrected chi connectivity index (χ2v) is 5.30. The smallest absolute Gasteiger partial charge is 0.129 e. The molecule has 96 valence electrons. The van der Waals surface area contributed by atoms with Crippen LogP contribution in [0.25, 0.3) is 0 Å². The highest BCUT2D eigenvalue weighted by molar-refractivity contribution is 7.99. The van der Waals surface area contributed by atoms with Crippen LogP contribution in [0.5, 0.6) is 0 Å². The van der Waals surface area contributed by atoms with Crippen molar-refractivity contribution in [3.63, 3.8) is 0 Å². The van der Waals surface area contributed by atoms with Gasteiger partial charge in [-0.2, -0.15) is 0 Å². The van der Waals surface area contributed by atoms with Gasteiger partial charge in [0, 0.05) is 23.2 Å². The van der Waals surface area contributed by atoms with E-state index in [9.17, 15) is 8.78 Å². The van der Waals surface area contributed by atoms with Crippen LogP contribution in [0, 0.1) is 5.82 Å². The van der Waals surface area contributed by atoms with E-state index in [1.165, 1.54) is 23.9 Å². The molecule has 0 saturated carbocycles. The Labute approximate surface area is 105 Å². The normalized spacial score (nSPS) is 14.9. The number of alkyl halides is 1. The molecule has 0 unspecified atom stereocenters. The summed E-state index contributed by atoms with van der Waals surface area (Å²) in [5.41, 5.74) is 5.75. The van der Waals surface area contributed by atoms with E-state index in [0.29, 0.717) is 12.3 Å². The molecule has 2 N–H and O–H groups in total. The van der Waals surface area contributed by atoms with Crippen molar-refractivity contribution in [1.82, 2.24) is 4.90 Å². The molecule has 0 bridgehead atoms. The molecule has 2 atom stereocenters. The number of hydrogen-bond acceptors (Lipinski definition) is 3. The van der Waals surface area contributed by atoms with Crippen LogP contribution in [-0.4, -0.2) is 43.5 Å². The van der Waals surface area contributed by atoms with Gasteiger partial charge in [-0.05, 0) is 38.4 Å². The Bertz CT molecular complexity index is 330. The van der Waals surface area contributed by atoms with E-state index >= 15 is 0 Å². The summed E-state index contributed by atoms with van der Waals surface area (Å²) in [6, 6.07) is 5.62. The highest BCUT2D eigenvalue weighted by Gasteiger charge is 2.17. The average molecular weight is 260 g/mol. The Kier molecular flexibility index (Phi) is 5.88. The second-order valence-electron chi connectivity index (χ2n) is 4.21. The summed E-state index contributed by atoms with van der Waals surface area (Å²) in [5.74, 6) is 0.218. The molecule has 0 aliphatic carbocycles. The van der Waals surface area contributed by atoms with Crippen LogP contribution in [0.3, 0.4) is 0 Å². The molecule has 0 aliphatic heterocycles. The zero-order valence-electron chi connectivity index (χ0n) is 10.1. The summed E-state index contributed by atoms with van der Waals surface area (Å²) in [5, 5.41) is 0. The molecule has 0 fully saturated rings. The molecule has 1 aromatic carbocycles. The lowest BCUT2D eigenvalue weighted by Gasteiger charge is -2.19. The quantitative estimate of drug-likeness (QED) is 0.795. The Balaban J connectivity index is 2.37. The highest BCUT2D eigenvalue weighted by Crippen LogP contribution is 2.19. The van der Waals surface area contributed by atoms with Gasteiger partial charge in [0.25, 0.3) is 0 Å². The monoisotopic (exact) mass is 260 g/mol. The number of halogens is 2. The van der Waals surface area contributed by atoms with Gasteiger partial charge < -0.3 is 10.6 Å². The molecule has 0 aromatic heterocycles. The number of rotatable bonds is 6. The first-order valence-electron chi connectivity index (χ1n) is 5.42. The van der Waals surface area contributed by atoms with Crippen LogP contribution in [-0.2, 0) is 0 Å². The van der Waals surface area contributed by atoms with Gasteiger partial charge in [-0.1, -0.05) is 0 Å². The van der Waals surface area contributed by atoms with Crippen molar-refractivity contribution in [1.29, 1.82) is 0 Å². The molecular weight excluding hydrogens is 242 g/mol. The zero-order chi connectivity index (χ0) is 12.8. The van der Waals surface area contributed by atoms with Crippen molar-refractivity contribution >= 4 is 11.8 Å². The Morgan fingerprint density at radius 2 is 1.88 bits per heavy atom. The first kappa shape index (κ1) is 14.4. The van der Waals surface area contributed by atoms with Crippen LogP contribution < -0.4 is 5.73 Å². The summed E-state index contributed by atoms with van der Waals surface area (Å²) in [4.78, 5) is 2.67. The fraction of sp³-hybridized carbons (Fsp3) is 0.500. The second kappa shape index (κ2) is 6.93. The minimum Gasteiger partial charge on any atom is -0.324 e. The summed E-state index contributed by atoms with van der Waals surface area (Å²) in [6.07, 6.45) is -1.04.